The van der Waals surface area contributed by atoms with E-state index < -0.39 is 5.60 Å². The summed E-state index contributed by atoms with van der Waals surface area (Å²) < 4.78 is 7.71. The summed E-state index contributed by atoms with van der Waals surface area (Å²) in [5.74, 6) is -0.0906. The number of amides is 1. The Labute approximate surface area is 166 Å². The Balaban J connectivity index is 1.62. The largest absolute Gasteiger partial charge is 0.458 e. The van der Waals surface area contributed by atoms with Gasteiger partial charge in [0, 0.05) is 30.1 Å². The number of rotatable bonds is 3. The molecule has 2 N–H and O–H groups in total. The Kier molecular flexibility index (Phi) is 3.97. The van der Waals surface area contributed by atoms with Gasteiger partial charge in [-0.3, -0.25) is 9.48 Å². The zero-order valence-electron chi connectivity index (χ0n) is 15.5. The number of hydrogen-bond acceptors (Lipinski definition) is 7. The second kappa shape index (κ2) is 6.55. The van der Waals surface area contributed by atoms with Crippen molar-refractivity contribution < 1.29 is 14.6 Å². The molecular formula is C20H18N6O3. The number of carbonyl (C=O) groups excluding carboxylic acids is 1. The van der Waals surface area contributed by atoms with Crippen molar-refractivity contribution in [2.45, 2.75) is 18.6 Å². The predicted octanol–water partition coefficient (Wildman–Crippen LogP) is 1.03. The molecule has 1 atom stereocenters. The number of nitrogens with zero attached hydrogens (tertiary/aromatic N) is 5. The van der Waals surface area contributed by atoms with Crippen molar-refractivity contribution in [3.63, 3.8) is 0 Å². The van der Waals surface area contributed by atoms with Crippen molar-refractivity contribution in [3.05, 3.63) is 36.7 Å². The van der Waals surface area contributed by atoms with Crippen molar-refractivity contribution in [3.8, 4) is 23.2 Å². The molecule has 0 radical (unpaired) electrons. The van der Waals surface area contributed by atoms with E-state index in [1.54, 1.807) is 23.1 Å². The van der Waals surface area contributed by atoms with Gasteiger partial charge >= 0.3 is 0 Å². The molecule has 9 nitrogen and oxygen atoms in total. The van der Waals surface area contributed by atoms with E-state index in [0.717, 1.165) is 26.9 Å². The van der Waals surface area contributed by atoms with Gasteiger partial charge < -0.3 is 15.2 Å². The monoisotopic (exact) mass is 390 g/mol. The summed E-state index contributed by atoms with van der Waals surface area (Å²) in [6.07, 6.45) is 5.90. The first-order valence-electron chi connectivity index (χ1n) is 9.37. The van der Waals surface area contributed by atoms with Crippen LogP contribution in [-0.4, -0.2) is 51.1 Å². The van der Waals surface area contributed by atoms with Crippen LogP contribution < -0.4 is 15.0 Å². The van der Waals surface area contributed by atoms with E-state index in [1.807, 2.05) is 24.4 Å². The summed E-state index contributed by atoms with van der Waals surface area (Å²) in [6.45, 7) is 1.40. The third kappa shape index (κ3) is 2.57. The molecule has 9 heteroatoms. The number of carbonyl (C=O) groups is 1. The summed E-state index contributed by atoms with van der Waals surface area (Å²) in [7, 11) is 0. The molecule has 5 rings (SSSR count). The minimum atomic E-state index is -1.07. The molecule has 3 aromatic rings. The Hall–Kier alpha value is -3.48. The average molecular weight is 390 g/mol. The number of aromatic nitrogens is 3. The van der Waals surface area contributed by atoms with Gasteiger partial charge in [-0.1, -0.05) is 12.1 Å². The molecule has 0 saturated carbocycles. The summed E-state index contributed by atoms with van der Waals surface area (Å²) in [6, 6.07) is 7.51. The maximum Gasteiger partial charge on any atom is 0.286 e. The number of hydrogen-bond donors (Lipinski definition) is 2. The molecule has 1 aromatic carbocycles. The first-order chi connectivity index (χ1) is 14.2. The molecule has 1 spiro atoms. The molecule has 4 heterocycles. The van der Waals surface area contributed by atoms with Gasteiger partial charge in [-0.05, 0) is 24.2 Å². The minimum Gasteiger partial charge on any atom is -0.458 e. The number of aliphatic hydroxyl groups is 1. The zero-order valence-corrected chi connectivity index (χ0v) is 15.5. The number of nitriles is 1. The SMILES string of the molecule is N#CN1C(=O)[C@]2(CCNC2)Oc2ncc(-c3cccc4c3cnn4CCO)cc21. The fraction of sp³-hybridized carbons (Fsp3) is 0.300. The van der Waals surface area contributed by atoms with Gasteiger partial charge in [0.05, 0.1) is 24.9 Å². The number of benzene rings is 1. The average Bonchev–Trinajstić information content (AvgIpc) is 3.37. The standard InChI is InChI=1S/C20H18N6O3/c21-12-25-17-8-13(9-23-18(17)29-20(19(25)28)4-5-22-11-20)14-2-1-3-16-15(14)10-24-26(16)6-7-27/h1-3,8-10,22,27H,4-7,11H2/t20-/m1/s1. The van der Waals surface area contributed by atoms with E-state index >= 15 is 0 Å². The Bertz CT molecular complexity index is 1160. The molecular weight excluding hydrogens is 372 g/mol. The third-order valence-corrected chi connectivity index (χ3v) is 5.48. The van der Waals surface area contributed by atoms with Gasteiger partial charge in [0.15, 0.2) is 6.19 Å². The van der Waals surface area contributed by atoms with Crippen molar-refractivity contribution in [1.82, 2.24) is 20.1 Å². The van der Waals surface area contributed by atoms with Crippen LogP contribution >= 0.6 is 0 Å². The van der Waals surface area contributed by atoms with Gasteiger partial charge in [-0.25, -0.2) is 9.88 Å². The van der Waals surface area contributed by atoms with Crippen molar-refractivity contribution in [1.29, 1.82) is 5.26 Å². The first-order valence-corrected chi connectivity index (χ1v) is 9.37. The summed E-state index contributed by atoms with van der Waals surface area (Å²) in [5, 5.41) is 27.2. The van der Waals surface area contributed by atoms with E-state index in [2.05, 4.69) is 15.4 Å². The first kappa shape index (κ1) is 17.6. The van der Waals surface area contributed by atoms with E-state index in [1.165, 1.54) is 0 Å². The zero-order chi connectivity index (χ0) is 20.0. The predicted molar refractivity (Wildman–Crippen MR) is 104 cm³/mol. The third-order valence-electron chi connectivity index (χ3n) is 5.48. The molecule has 2 aliphatic heterocycles. The van der Waals surface area contributed by atoms with Gasteiger partial charge in [0.2, 0.25) is 11.5 Å². The van der Waals surface area contributed by atoms with Crippen molar-refractivity contribution in [2.24, 2.45) is 0 Å². The quantitative estimate of drug-likeness (QED) is 0.642. The molecule has 1 fully saturated rings. The summed E-state index contributed by atoms with van der Waals surface area (Å²) in [5.41, 5.74) is 1.77. The number of ether oxygens (including phenoxy) is 1. The fourth-order valence-corrected chi connectivity index (χ4v) is 4.03. The van der Waals surface area contributed by atoms with Crippen LogP contribution in [-0.2, 0) is 11.3 Å². The lowest BCUT2D eigenvalue weighted by Gasteiger charge is -2.36. The molecule has 0 aliphatic carbocycles. The number of fused-ring (bicyclic) bond motifs is 2. The molecule has 0 bridgehead atoms. The summed E-state index contributed by atoms with van der Waals surface area (Å²) in [4.78, 5) is 18.5. The van der Waals surface area contributed by atoms with E-state index in [9.17, 15) is 15.2 Å². The smallest absolute Gasteiger partial charge is 0.286 e. The highest BCUT2D eigenvalue weighted by molar-refractivity contribution is 6.06. The van der Waals surface area contributed by atoms with Crippen molar-refractivity contribution in [2.75, 3.05) is 24.6 Å². The maximum absolute atomic E-state index is 13.0. The lowest BCUT2D eigenvalue weighted by molar-refractivity contribution is -0.133. The summed E-state index contributed by atoms with van der Waals surface area (Å²) >= 11 is 0. The molecule has 146 valence electrons. The van der Waals surface area contributed by atoms with Crippen LogP contribution in [0.3, 0.4) is 0 Å². The highest BCUT2D eigenvalue weighted by Crippen LogP contribution is 2.41. The van der Waals surface area contributed by atoms with Crippen LogP contribution in [0.25, 0.3) is 22.0 Å². The lowest BCUT2D eigenvalue weighted by atomic mass is 9.98. The topological polar surface area (TPSA) is 116 Å². The minimum absolute atomic E-state index is 0.00536. The second-order valence-corrected chi connectivity index (χ2v) is 7.14. The molecule has 2 aromatic heterocycles. The van der Waals surface area contributed by atoms with Crippen LogP contribution in [0.1, 0.15) is 6.42 Å². The van der Waals surface area contributed by atoms with Crippen molar-refractivity contribution >= 4 is 22.5 Å². The maximum atomic E-state index is 13.0. The Morgan fingerprint density at radius 2 is 2.28 bits per heavy atom. The van der Waals surface area contributed by atoms with Crippen LogP contribution in [0.5, 0.6) is 5.88 Å². The number of pyridine rings is 1. The van der Waals surface area contributed by atoms with E-state index in [0.29, 0.717) is 31.7 Å². The van der Waals surface area contributed by atoms with Gasteiger partial charge in [-0.15, -0.1) is 0 Å². The van der Waals surface area contributed by atoms with E-state index in [-0.39, 0.29) is 18.4 Å². The van der Waals surface area contributed by atoms with E-state index in [4.69, 9.17) is 4.74 Å². The Morgan fingerprint density at radius 3 is 3.03 bits per heavy atom. The fourth-order valence-electron chi connectivity index (χ4n) is 4.03. The normalized spacial score (nSPS) is 20.7. The lowest BCUT2D eigenvalue weighted by Crippen LogP contribution is -2.56. The van der Waals surface area contributed by atoms with Gasteiger partial charge in [-0.2, -0.15) is 10.4 Å². The second-order valence-electron chi connectivity index (χ2n) is 7.14. The number of aliphatic hydroxyl groups excluding tert-OH is 1. The van der Waals surface area contributed by atoms with Crippen LogP contribution in [0, 0.1) is 11.5 Å². The number of nitrogens with one attached hydrogen (secondary N) is 1. The highest BCUT2D eigenvalue weighted by atomic mass is 16.5. The van der Waals surface area contributed by atoms with Gasteiger partial charge in [0.1, 0.15) is 5.69 Å². The van der Waals surface area contributed by atoms with Crippen LogP contribution in [0.2, 0.25) is 0 Å². The molecule has 2 aliphatic rings. The molecule has 29 heavy (non-hydrogen) atoms. The van der Waals surface area contributed by atoms with Crippen LogP contribution in [0.15, 0.2) is 36.7 Å². The van der Waals surface area contributed by atoms with Crippen LogP contribution in [0.4, 0.5) is 5.69 Å². The Morgan fingerprint density at radius 1 is 1.38 bits per heavy atom. The highest BCUT2D eigenvalue weighted by Gasteiger charge is 2.51. The number of anilines is 1. The molecule has 1 amide bonds. The molecule has 0 unspecified atom stereocenters. The molecule has 1 saturated heterocycles. The van der Waals surface area contributed by atoms with Gasteiger partial charge in [0.25, 0.3) is 5.91 Å².